The summed E-state index contributed by atoms with van der Waals surface area (Å²) in [5.74, 6) is 0.914. The van der Waals surface area contributed by atoms with E-state index in [-0.39, 0.29) is 0 Å². The molecule has 0 atom stereocenters. The van der Waals surface area contributed by atoms with Crippen LogP contribution < -0.4 is 10.5 Å². The van der Waals surface area contributed by atoms with Crippen molar-refractivity contribution in [2.24, 2.45) is 10.7 Å². The predicted octanol–water partition coefficient (Wildman–Crippen LogP) is 4.64. The standard InChI is InChI=1S/C17H26BrN3OS/c1-4-5-8-21-17(20)23-16(19)14-10-12(2)15(13(3)11-14)22-9-6-7-18/h10-11,19H,4-9H2,1-3H3,(H2,20,21). The fourth-order valence-corrected chi connectivity index (χ4v) is 2.91. The van der Waals surface area contributed by atoms with Gasteiger partial charge >= 0.3 is 0 Å². The molecule has 23 heavy (non-hydrogen) atoms. The number of thioether (sulfide) groups is 1. The number of ether oxygens (including phenoxy) is 1. The van der Waals surface area contributed by atoms with Crippen LogP contribution in [0.25, 0.3) is 0 Å². The molecule has 128 valence electrons. The molecule has 3 N–H and O–H groups in total. The summed E-state index contributed by atoms with van der Waals surface area (Å²) in [6, 6.07) is 3.95. The van der Waals surface area contributed by atoms with Gasteiger partial charge in [0.1, 0.15) is 10.8 Å². The normalized spacial score (nSPS) is 11.6. The quantitative estimate of drug-likeness (QED) is 0.289. The van der Waals surface area contributed by atoms with Crippen LogP contribution in [-0.4, -0.2) is 28.7 Å². The molecule has 0 aliphatic heterocycles. The van der Waals surface area contributed by atoms with Gasteiger partial charge in [-0.15, -0.1) is 0 Å². The summed E-state index contributed by atoms with van der Waals surface area (Å²) in [6.07, 6.45) is 3.08. The molecule has 0 aliphatic carbocycles. The minimum absolute atomic E-state index is 0.418. The first-order valence-corrected chi connectivity index (χ1v) is 9.80. The summed E-state index contributed by atoms with van der Waals surface area (Å²) < 4.78 is 5.83. The molecule has 0 spiro atoms. The number of aryl methyl sites for hydroxylation is 2. The first-order chi connectivity index (χ1) is 11.0. The summed E-state index contributed by atoms with van der Waals surface area (Å²) in [7, 11) is 0. The first-order valence-electron chi connectivity index (χ1n) is 7.86. The van der Waals surface area contributed by atoms with Crippen molar-refractivity contribution in [1.29, 1.82) is 5.41 Å². The Balaban J connectivity index is 2.77. The van der Waals surface area contributed by atoms with Crippen molar-refractivity contribution in [2.75, 3.05) is 18.5 Å². The number of rotatable bonds is 8. The molecule has 1 aromatic rings. The van der Waals surface area contributed by atoms with Gasteiger partial charge in [0.05, 0.1) is 6.61 Å². The molecule has 0 fully saturated rings. The van der Waals surface area contributed by atoms with E-state index in [9.17, 15) is 0 Å². The summed E-state index contributed by atoms with van der Waals surface area (Å²) in [5, 5.41) is 10.0. The number of aliphatic imine (C=N–C) groups is 1. The topological polar surface area (TPSA) is 71.5 Å². The largest absolute Gasteiger partial charge is 0.493 e. The zero-order valence-corrected chi connectivity index (χ0v) is 16.5. The molecule has 6 heteroatoms. The van der Waals surface area contributed by atoms with Gasteiger partial charge in [0.2, 0.25) is 0 Å². The van der Waals surface area contributed by atoms with E-state index in [4.69, 9.17) is 15.9 Å². The summed E-state index contributed by atoms with van der Waals surface area (Å²) in [4.78, 5) is 4.28. The molecule has 4 nitrogen and oxygen atoms in total. The second-order valence-corrected chi connectivity index (χ2v) is 7.16. The molecule has 0 saturated heterocycles. The summed E-state index contributed by atoms with van der Waals surface area (Å²) in [5.41, 5.74) is 8.82. The highest BCUT2D eigenvalue weighted by molar-refractivity contribution is 9.09. The third-order valence-electron chi connectivity index (χ3n) is 3.23. The van der Waals surface area contributed by atoms with E-state index in [1.54, 1.807) is 0 Å². The molecule has 0 bridgehead atoms. The van der Waals surface area contributed by atoms with Gasteiger partial charge in [0.15, 0.2) is 5.17 Å². The van der Waals surface area contributed by atoms with E-state index in [0.29, 0.717) is 16.8 Å². The van der Waals surface area contributed by atoms with Crippen LogP contribution in [-0.2, 0) is 0 Å². The Morgan fingerprint density at radius 2 is 1.96 bits per heavy atom. The van der Waals surface area contributed by atoms with Crippen LogP contribution in [0, 0.1) is 19.3 Å². The second kappa shape index (κ2) is 10.7. The van der Waals surface area contributed by atoms with Gasteiger partial charge in [-0.2, -0.15) is 0 Å². The Morgan fingerprint density at radius 1 is 1.30 bits per heavy atom. The Hall–Kier alpha value is -1.01. The lowest BCUT2D eigenvalue weighted by atomic mass is 10.1. The van der Waals surface area contributed by atoms with Gasteiger partial charge in [0, 0.05) is 17.4 Å². The number of amidine groups is 1. The molecule has 0 heterocycles. The van der Waals surface area contributed by atoms with E-state index in [0.717, 1.165) is 53.6 Å². The van der Waals surface area contributed by atoms with Crippen molar-refractivity contribution in [3.8, 4) is 5.75 Å². The molecule has 1 aromatic carbocycles. The molecule has 1 rings (SSSR count). The molecular formula is C17H26BrN3OS. The van der Waals surface area contributed by atoms with Crippen molar-refractivity contribution in [3.05, 3.63) is 28.8 Å². The lowest BCUT2D eigenvalue weighted by Crippen LogP contribution is -2.12. The van der Waals surface area contributed by atoms with Crippen LogP contribution in [0.15, 0.2) is 17.1 Å². The second-order valence-electron chi connectivity index (χ2n) is 5.33. The molecule has 0 aliphatic rings. The number of hydrogen-bond donors (Lipinski definition) is 2. The monoisotopic (exact) mass is 399 g/mol. The lowest BCUT2D eigenvalue weighted by molar-refractivity contribution is 0.315. The zero-order chi connectivity index (χ0) is 17.2. The number of alkyl halides is 1. The average Bonchev–Trinajstić information content (AvgIpc) is 2.50. The summed E-state index contributed by atoms with van der Waals surface area (Å²) >= 11 is 4.61. The van der Waals surface area contributed by atoms with Crippen LogP contribution in [0.1, 0.15) is 42.9 Å². The maximum atomic E-state index is 8.23. The van der Waals surface area contributed by atoms with Crippen molar-refractivity contribution >= 4 is 37.9 Å². The molecule has 0 aromatic heterocycles. The van der Waals surface area contributed by atoms with Crippen LogP contribution >= 0.6 is 27.7 Å². The first kappa shape index (κ1) is 20.0. The van der Waals surface area contributed by atoms with Crippen molar-refractivity contribution < 1.29 is 4.74 Å². The van der Waals surface area contributed by atoms with Crippen LogP contribution in [0.2, 0.25) is 0 Å². The highest BCUT2D eigenvalue weighted by Crippen LogP contribution is 2.27. The lowest BCUT2D eigenvalue weighted by Gasteiger charge is -2.14. The van der Waals surface area contributed by atoms with Crippen molar-refractivity contribution in [1.82, 2.24) is 0 Å². The molecule has 0 unspecified atom stereocenters. The third kappa shape index (κ3) is 6.96. The van der Waals surface area contributed by atoms with E-state index >= 15 is 0 Å². The third-order valence-corrected chi connectivity index (χ3v) is 4.57. The number of halogens is 1. The van der Waals surface area contributed by atoms with E-state index < -0.39 is 0 Å². The van der Waals surface area contributed by atoms with Gasteiger partial charge in [-0.1, -0.05) is 29.3 Å². The van der Waals surface area contributed by atoms with Gasteiger partial charge in [-0.25, -0.2) is 0 Å². The van der Waals surface area contributed by atoms with Crippen LogP contribution in [0.5, 0.6) is 5.75 Å². The van der Waals surface area contributed by atoms with Crippen molar-refractivity contribution in [2.45, 2.75) is 40.0 Å². The number of unbranched alkanes of at least 4 members (excludes halogenated alkanes) is 1. The number of nitrogens with zero attached hydrogens (tertiary/aromatic N) is 1. The zero-order valence-electron chi connectivity index (χ0n) is 14.1. The Bertz CT molecular complexity index is 538. The van der Waals surface area contributed by atoms with Gasteiger partial charge in [-0.05, 0) is 61.7 Å². The van der Waals surface area contributed by atoms with E-state index in [1.807, 2.05) is 26.0 Å². The number of nitrogens with two attached hydrogens (primary N) is 1. The fraction of sp³-hybridized carbons (Fsp3) is 0.529. The van der Waals surface area contributed by atoms with Gasteiger partial charge in [0.25, 0.3) is 0 Å². The molecule has 0 radical (unpaired) electrons. The van der Waals surface area contributed by atoms with Crippen molar-refractivity contribution in [3.63, 3.8) is 0 Å². The molecule has 0 amide bonds. The SMILES string of the molecule is CCCCN=C(N)SC(=N)c1cc(C)c(OCCCBr)c(C)c1. The Morgan fingerprint density at radius 3 is 2.52 bits per heavy atom. The summed E-state index contributed by atoms with van der Waals surface area (Å²) in [6.45, 7) is 7.55. The van der Waals surface area contributed by atoms with Gasteiger partial charge in [-0.3, -0.25) is 10.4 Å². The maximum absolute atomic E-state index is 8.23. The smallest absolute Gasteiger partial charge is 0.160 e. The fourth-order valence-electron chi connectivity index (χ4n) is 2.08. The number of hydrogen-bond acceptors (Lipinski definition) is 4. The average molecular weight is 400 g/mol. The minimum atomic E-state index is 0.418. The Kier molecular flexibility index (Phi) is 9.33. The Labute approximate surface area is 151 Å². The number of benzene rings is 1. The van der Waals surface area contributed by atoms with E-state index in [1.165, 1.54) is 11.8 Å². The minimum Gasteiger partial charge on any atom is -0.493 e. The van der Waals surface area contributed by atoms with Crippen LogP contribution in [0.4, 0.5) is 0 Å². The maximum Gasteiger partial charge on any atom is 0.160 e. The molecular weight excluding hydrogens is 374 g/mol. The molecule has 0 saturated carbocycles. The number of nitrogens with one attached hydrogen (secondary N) is 1. The van der Waals surface area contributed by atoms with Gasteiger partial charge < -0.3 is 10.5 Å². The van der Waals surface area contributed by atoms with Crippen LogP contribution in [0.3, 0.4) is 0 Å². The van der Waals surface area contributed by atoms with E-state index in [2.05, 4.69) is 27.8 Å². The highest BCUT2D eigenvalue weighted by Gasteiger charge is 2.11. The predicted molar refractivity (Wildman–Crippen MR) is 106 cm³/mol. The highest BCUT2D eigenvalue weighted by atomic mass is 79.9.